The number of aromatic nitrogens is 3. The summed E-state index contributed by atoms with van der Waals surface area (Å²) in [6, 6.07) is 6.56. The van der Waals surface area contributed by atoms with Crippen LogP contribution in [0.5, 0.6) is 5.75 Å². The molecule has 0 spiro atoms. The first-order valence-corrected chi connectivity index (χ1v) is 10.1. The van der Waals surface area contributed by atoms with Crippen LogP contribution in [-0.4, -0.2) is 15.0 Å². The first kappa shape index (κ1) is 19.7. The Morgan fingerprint density at radius 1 is 1.19 bits per heavy atom. The van der Waals surface area contributed by atoms with Gasteiger partial charge in [0, 0.05) is 45.7 Å². The van der Waals surface area contributed by atoms with Crippen LogP contribution in [0.25, 0.3) is 33.1 Å². The highest BCUT2D eigenvalue weighted by molar-refractivity contribution is 6.36. The molecule has 1 atom stereocenters. The Hall–Kier alpha value is -3.29. The van der Waals surface area contributed by atoms with Crippen molar-refractivity contribution in [3.05, 3.63) is 70.5 Å². The minimum Gasteiger partial charge on any atom is -0.478 e. The van der Waals surface area contributed by atoms with Gasteiger partial charge in [-0.1, -0.05) is 23.2 Å². The molecule has 0 fully saturated rings. The number of H-pyrrole nitrogens is 1. The fourth-order valence-electron chi connectivity index (χ4n) is 3.56. The monoisotopic (exact) mass is 456 g/mol. The maximum absolute atomic E-state index is 14.0. The summed E-state index contributed by atoms with van der Waals surface area (Å²) in [6.07, 6.45) is 6.07. The highest BCUT2D eigenvalue weighted by Crippen LogP contribution is 2.41. The van der Waals surface area contributed by atoms with Crippen molar-refractivity contribution in [2.45, 2.75) is 13.0 Å². The number of nitrogens with one attached hydrogen (secondary N) is 1. The quantitative estimate of drug-likeness (QED) is 0.299. The van der Waals surface area contributed by atoms with E-state index in [9.17, 15) is 4.39 Å². The predicted octanol–water partition coefficient (Wildman–Crippen LogP) is 6.54. The van der Waals surface area contributed by atoms with Crippen molar-refractivity contribution in [1.29, 1.82) is 0 Å². The van der Waals surface area contributed by atoms with Crippen LogP contribution in [0.2, 0.25) is 10.0 Å². The van der Waals surface area contributed by atoms with Crippen LogP contribution in [0.4, 0.5) is 10.2 Å². The first-order valence-electron chi connectivity index (χ1n) is 9.33. The molecule has 5 rings (SSSR count). The van der Waals surface area contributed by atoms with Crippen LogP contribution in [0.15, 0.2) is 53.5 Å². The number of aromatic amines is 1. The molecular weight excluding hydrogens is 442 g/mol. The maximum atomic E-state index is 14.0. The summed E-state index contributed by atoms with van der Waals surface area (Å²) in [4.78, 5) is 11.7. The summed E-state index contributed by atoms with van der Waals surface area (Å²) >= 11 is 12.4. The minimum absolute atomic E-state index is 0.107. The van der Waals surface area contributed by atoms with Gasteiger partial charge in [0.2, 0.25) is 5.75 Å². The van der Waals surface area contributed by atoms with E-state index >= 15 is 0 Å². The van der Waals surface area contributed by atoms with E-state index in [0.717, 1.165) is 22.2 Å². The van der Waals surface area contributed by atoms with Crippen molar-refractivity contribution < 1.29 is 13.5 Å². The van der Waals surface area contributed by atoms with Gasteiger partial charge >= 0.3 is 0 Å². The number of pyridine rings is 2. The van der Waals surface area contributed by atoms with Gasteiger partial charge in [-0.05, 0) is 31.2 Å². The average Bonchev–Trinajstić information content (AvgIpc) is 3.39. The fourth-order valence-corrected chi connectivity index (χ4v) is 4.23. The number of rotatable bonds is 4. The Balaban J connectivity index is 1.59. The van der Waals surface area contributed by atoms with Gasteiger partial charge in [-0.2, -0.15) is 0 Å². The van der Waals surface area contributed by atoms with Crippen LogP contribution >= 0.6 is 23.2 Å². The molecule has 0 amide bonds. The SMILES string of the molecule is CC(Oc1c(N)ncc2c(-c3cnc4[nH]ccc4c3)coc12)c1c(Cl)ccc(F)c1Cl. The van der Waals surface area contributed by atoms with E-state index in [-0.39, 0.29) is 21.6 Å². The van der Waals surface area contributed by atoms with E-state index in [1.165, 1.54) is 12.1 Å². The number of benzene rings is 1. The third-order valence-electron chi connectivity index (χ3n) is 5.09. The molecule has 4 aromatic heterocycles. The molecule has 0 aliphatic heterocycles. The molecule has 4 heterocycles. The van der Waals surface area contributed by atoms with Gasteiger partial charge in [-0.3, -0.25) is 0 Å². The zero-order chi connectivity index (χ0) is 21.7. The molecule has 0 saturated heterocycles. The Morgan fingerprint density at radius 3 is 2.87 bits per heavy atom. The van der Waals surface area contributed by atoms with Crippen LogP contribution in [0, 0.1) is 5.82 Å². The topological polar surface area (TPSA) is 90.0 Å². The van der Waals surface area contributed by atoms with Gasteiger partial charge in [0.15, 0.2) is 11.4 Å². The summed E-state index contributed by atoms with van der Waals surface area (Å²) in [5.41, 5.74) is 9.23. The zero-order valence-corrected chi connectivity index (χ0v) is 17.6. The Bertz CT molecular complexity index is 1450. The van der Waals surface area contributed by atoms with E-state index in [4.69, 9.17) is 38.1 Å². The number of hydrogen-bond donors (Lipinski definition) is 2. The summed E-state index contributed by atoms with van der Waals surface area (Å²) in [6.45, 7) is 1.69. The molecule has 0 bridgehead atoms. The van der Waals surface area contributed by atoms with E-state index in [2.05, 4.69) is 15.0 Å². The number of nitrogens with zero attached hydrogens (tertiary/aromatic N) is 2. The molecular formula is C22H15Cl2FN4O2. The summed E-state index contributed by atoms with van der Waals surface area (Å²) in [5, 5.41) is 1.84. The lowest BCUT2D eigenvalue weighted by atomic mass is 10.1. The number of anilines is 1. The van der Waals surface area contributed by atoms with Crippen molar-refractivity contribution >= 4 is 51.0 Å². The van der Waals surface area contributed by atoms with Gasteiger partial charge in [-0.15, -0.1) is 0 Å². The molecule has 31 heavy (non-hydrogen) atoms. The lowest BCUT2D eigenvalue weighted by Gasteiger charge is -2.18. The van der Waals surface area contributed by atoms with Crippen molar-refractivity contribution in [2.75, 3.05) is 5.73 Å². The molecule has 1 unspecified atom stereocenters. The third kappa shape index (κ3) is 3.26. The molecule has 5 aromatic rings. The number of nitrogen functional groups attached to an aromatic ring is 1. The van der Waals surface area contributed by atoms with E-state index in [0.29, 0.717) is 16.5 Å². The molecule has 0 saturated carbocycles. The van der Waals surface area contributed by atoms with Crippen molar-refractivity contribution in [2.24, 2.45) is 0 Å². The molecule has 6 nitrogen and oxygen atoms in total. The van der Waals surface area contributed by atoms with Gasteiger partial charge in [-0.25, -0.2) is 14.4 Å². The fraction of sp³-hybridized carbons (Fsp3) is 0.0909. The van der Waals surface area contributed by atoms with Crippen LogP contribution in [0.3, 0.4) is 0 Å². The third-order valence-corrected chi connectivity index (χ3v) is 5.81. The lowest BCUT2D eigenvalue weighted by Crippen LogP contribution is -2.08. The van der Waals surface area contributed by atoms with E-state index in [1.807, 2.05) is 18.3 Å². The van der Waals surface area contributed by atoms with Gasteiger partial charge in [0.1, 0.15) is 17.6 Å². The van der Waals surface area contributed by atoms with Crippen LogP contribution in [0.1, 0.15) is 18.6 Å². The molecule has 1 aromatic carbocycles. The van der Waals surface area contributed by atoms with E-state index < -0.39 is 11.9 Å². The number of nitrogens with two attached hydrogens (primary N) is 1. The van der Waals surface area contributed by atoms with Crippen LogP contribution < -0.4 is 10.5 Å². The van der Waals surface area contributed by atoms with E-state index in [1.54, 1.807) is 25.6 Å². The normalized spacial score (nSPS) is 12.5. The van der Waals surface area contributed by atoms with Crippen LogP contribution in [-0.2, 0) is 0 Å². The highest BCUT2D eigenvalue weighted by atomic mass is 35.5. The molecule has 156 valence electrons. The number of fused-ring (bicyclic) bond motifs is 2. The second-order valence-electron chi connectivity index (χ2n) is 7.02. The number of ether oxygens (including phenoxy) is 1. The van der Waals surface area contributed by atoms with Gasteiger partial charge in [0.25, 0.3) is 0 Å². The summed E-state index contributed by atoms with van der Waals surface area (Å²) in [5.74, 6) is -0.236. The summed E-state index contributed by atoms with van der Waals surface area (Å²) in [7, 11) is 0. The van der Waals surface area contributed by atoms with Gasteiger partial charge in [0.05, 0.1) is 16.7 Å². The Kier molecular flexibility index (Phi) is 4.72. The molecule has 3 N–H and O–H groups in total. The minimum atomic E-state index is -0.711. The van der Waals surface area contributed by atoms with Crippen molar-refractivity contribution in [1.82, 2.24) is 15.0 Å². The Morgan fingerprint density at radius 2 is 2.03 bits per heavy atom. The van der Waals surface area contributed by atoms with Crippen molar-refractivity contribution in [3.63, 3.8) is 0 Å². The lowest BCUT2D eigenvalue weighted by molar-refractivity contribution is 0.227. The average molecular weight is 457 g/mol. The standard InChI is InChI=1S/C22H15Cl2FN4O2/c1-10(17-15(23)2-3-16(25)18(17)24)31-20-19-13(8-28-21(20)26)14(9-30-19)12-6-11-4-5-27-22(11)29-7-12/h2-10H,1H3,(H2,26,28)(H,27,29). The predicted molar refractivity (Wildman–Crippen MR) is 119 cm³/mol. The molecule has 0 aliphatic carbocycles. The second-order valence-corrected chi connectivity index (χ2v) is 7.81. The molecule has 9 heteroatoms. The second kappa shape index (κ2) is 7.44. The number of hydrogen-bond acceptors (Lipinski definition) is 5. The smallest absolute Gasteiger partial charge is 0.205 e. The number of furan rings is 1. The molecule has 0 radical (unpaired) electrons. The highest BCUT2D eigenvalue weighted by Gasteiger charge is 2.23. The Labute approximate surface area is 185 Å². The maximum Gasteiger partial charge on any atom is 0.205 e. The van der Waals surface area contributed by atoms with Gasteiger partial charge < -0.3 is 19.9 Å². The first-order chi connectivity index (χ1) is 14.9. The number of halogens is 3. The zero-order valence-electron chi connectivity index (χ0n) is 16.1. The summed E-state index contributed by atoms with van der Waals surface area (Å²) < 4.78 is 25.8. The van der Waals surface area contributed by atoms with Crippen molar-refractivity contribution in [3.8, 4) is 16.9 Å². The largest absolute Gasteiger partial charge is 0.478 e. The molecule has 0 aliphatic rings.